The van der Waals surface area contributed by atoms with Crippen molar-refractivity contribution in [1.82, 2.24) is 10.3 Å². The Balaban J connectivity index is 1.86. The molecule has 0 spiro atoms. The van der Waals surface area contributed by atoms with Crippen LogP contribution in [0.5, 0.6) is 0 Å². The van der Waals surface area contributed by atoms with Gasteiger partial charge >= 0.3 is 0 Å². The summed E-state index contributed by atoms with van der Waals surface area (Å²) < 4.78 is 5.22. The summed E-state index contributed by atoms with van der Waals surface area (Å²) >= 11 is 0. The fourth-order valence-corrected chi connectivity index (χ4v) is 1.99. The van der Waals surface area contributed by atoms with Crippen molar-refractivity contribution in [3.63, 3.8) is 0 Å². The van der Waals surface area contributed by atoms with Crippen LogP contribution in [0.15, 0.2) is 34.7 Å². The lowest BCUT2D eigenvalue weighted by Gasteiger charge is -2.11. The first-order chi connectivity index (χ1) is 9.56. The second-order valence-electron chi connectivity index (χ2n) is 4.70. The van der Waals surface area contributed by atoms with Crippen molar-refractivity contribution in [2.24, 2.45) is 0 Å². The SMILES string of the molecule is Cc1nc(C)c(C(=O)NCC(O)Cc2ccccc2)o1. The van der Waals surface area contributed by atoms with Crippen LogP contribution in [0.3, 0.4) is 0 Å². The number of aryl methyl sites for hydroxylation is 2. The highest BCUT2D eigenvalue weighted by molar-refractivity contribution is 5.92. The highest BCUT2D eigenvalue weighted by Crippen LogP contribution is 2.09. The zero-order valence-corrected chi connectivity index (χ0v) is 11.6. The molecule has 2 rings (SSSR count). The van der Waals surface area contributed by atoms with Gasteiger partial charge in [0.1, 0.15) is 0 Å². The summed E-state index contributed by atoms with van der Waals surface area (Å²) in [4.78, 5) is 15.9. The number of amides is 1. The minimum atomic E-state index is -0.634. The van der Waals surface area contributed by atoms with Crippen LogP contribution >= 0.6 is 0 Å². The number of nitrogens with zero attached hydrogens (tertiary/aromatic N) is 1. The van der Waals surface area contributed by atoms with Gasteiger partial charge in [0.15, 0.2) is 5.89 Å². The van der Waals surface area contributed by atoms with Crippen LogP contribution in [-0.4, -0.2) is 28.6 Å². The third kappa shape index (κ3) is 3.68. The number of carbonyl (C=O) groups excluding carboxylic acids is 1. The largest absolute Gasteiger partial charge is 0.436 e. The highest BCUT2D eigenvalue weighted by Gasteiger charge is 2.16. The molecule has 1 heterocycles. The molecular formula is C15H18N2O3. The molecule has 0 aliphatic rings. The number of benzene rings is 1. The van der Waals surface area contributed by atoms with Gasteiger partial charge in [-0.05, 0) is 12.5 Å². The third-order valence-corrected chi connectivity index (χ3v) is 2.92. The first kappa shape index (κ1) is 14.3. The Bertz CT molecular complexity index is 578. The van der Waals surface area contributed by atoms with Crippen molar-refractivity contribution in [3.05, 3.63) is 53.2 Å². The van der Waals surface area contributed by atoms with E-state index in [0.717, 1.165) is 5.56 Å². The molecule has 0 bridgehead atoms. The lowest BCUT2D eigenvalue weighted by Crippen LogP contribution is -2.33. The fraction of sp³-hybridized carbons (Fsp3) is 0.333. The number of aliphatic hydroxyl groups is 1. The molecule has 1 amide bonds. The number of rotatable bonds is 5. The lowest BCUT2D eigenvalue weighted by atomic mass is 10.1. The van der Waals surface area contributed by atoms with Crippen LogP contribution in [0.25, 0.3) is 0 Å². The molecule has 106 valence electrons. The van der Waals surface area contributed by atoms with Gasteiger partial charge in [0.05, 0.1) is 11.8 Å². The standard InChI is InChI=1S/C15H18N2O3/c1-10-14(20-11(2)17-10)15(19)16-9-13(18)8-12-6-4-3-5-7-12/h3-7,13,18H,8-9H2,1-2H3,(H,16,19). The number of carbonyl (C=O) groups is 1. The lowest BCUT2D eigenvalue weighted by molar-refractivity contribution is 0.0886. The Labute approximate surface area is 117 Å². The van der Waals surface area contributed by atoms with Crippen molar-refractivity contribution < 1.29 is 14.3 Å². The predicted octanol–water partition coefficient (Wildman–Crippen LogP) is 1.62. The zero-order chi connectivity index (χ0) is 14.5. The summed E-state index contributed by atoms with van der Waals surface area (Å²) in [6.07, 6.45) is -0.138. The first-order valence-electron chi connectivity index (χ1n) is 6.50. The van der Waals surface area contributed by atoms with Crippen LogP contribution in [0.2, 0.25) is 0 Å². The van der Waals surface area contributed by atoms with E-state index in [9.17, 15) is 9.90 Å². The normalized spacial score (nSPS) is 12.2. The van der Waals surface area contributed by atoms with Crippen LogP contribution < -0.4 is 5.32 Å². The van der Waals surface area contributed by atoms with Gasteiger partial charge in [-0.15, -0.1) is 0 Å². The van der Waals surface area contributed by atoms with E-state index in [0.29, 0.717) is 18.0 Å². The Morgan fingerprint density at radius 3 is 2.65 bits per heavy atom. The smallest absolute Gasteiger partial charge is 0.289 e. The maximum absolute atomic E-state index is 11.9. The van der Waals surface area contributed by atoms with Crippen molar-refractivity contribution in [2.45, 2.75) is 26.4 Å². The summed E-state index contributed by atoms with van der Waals surface area (Å²) in [5.74, 6) is 0.308. The molecule has 2 N–H and O–H groups in total. The maximum Gasteiger partial charge on any atom is 0.289 e. The van der Waals surface area contributed by atoms with Crippen molar-refractivity contribution in [1.29, 1.82) is 0 Å². The van der Waals surface area contributed by atoms with Crippen LogP contribution in [0.1, 0.15) is 27.7 Å². The van der Waals surface area contributed by atoms with Gasteiger partial charge < -0.3 is 14.8 Å². The van der Waals surface area contributed by atoms with Crippen LogP contribution in [0.4, 0.5) is 0 Å². The molecule has 1 aromatic carbocycles. The summed E-state index contributed by atoms with van der Waals surface area (Å²) in [7, 11) is 0. The van der Waals surface area contributed by atoms with Gasteiger partial charge in [0.2, 0.25) is 5.76 Å². The highest BCUT2D eigenvalue weighted by atomic mass is 16.4. The molecule has 0 saturated heterocycles. The molecule has 20 heavy (non-hydrogen) atoms. The second kappa shape index (κ2) is 6.34. The maximum atomic E-state index is 11.9. The summed E-state index contributed by atoms with van der Waals surface area (Å²) in [5, 5.41) is 12.6. The first-order valence-corrected chi connectivity index (χ1v) is 6.50. The summed E-state index contributed by atoms with van der Waals surface area (Å²) in [6, 6.07) is 9.64. The Kier molecular flexibility index (Phi) is 4.53. The molecule has 0 fully saturated rings. The monoisotopic (exact) mass is 274 g/mol. The molecule has 1 unspecified atom stereocenters. The molecule has 0 radical (unpaired) electrons. The van der Waals surface area contributed by atoms with Gasteiger partial charge in [0.25, 0.3) is 5.91 Å². The fourth-order valence-electron chi connectivity index (χ4n) is 1.99. The average Bonchev–Trinajstić information content (AvgIpc) is 2.76. The number of oxazole rings is 1. The topological polar surface area (TPSA) is 75.4 Å². The van der Waals surface area contributed by atoms with Crippen molar-refractivity contribution in [2.75, 3.05) is 6.54 Å². The van der Waals surface area contributed by atoms with Crippen LogP contribution in [-0.2, 0) is 6.42 Å². The van der Waals surface area contributed by atoms with Crippen molar-refractivity contribution >= 4 is 5.91 Å². The van der Waals surface area contributed by atoms with Gasteiger partial charge in [-0.1, -0.05) is 30.3 Å². The molecular weight excluding hydrogens is 256 g/mol. The molecule has 0 aliphatic carbocycles. The Morgan fingerprint density at radius 1 is 1.35 bits per heavy atom. The van der Waals surface area contributed by atoms with Gasteiger partial charge in [-0.2, -0.15) is 0 Å². The van der Waals surface area contributed by atoms with E-state index >= 15 is 0 Å². The number of aromatic nitrogens is 1. The minimum Gasteiger partial charge on any atom is -0.436 e. The molecule has 1 atom stereocenters. The molecule has 0 saturated carbocycles. The van der Waals surface area contributed by atoms with Gasteiger partial charge in [0, 0.05) is 19.9 Å². The van der Waals surface area contributed by atoms with Crippen molar-refractivity contribution in [3.8, 4) is 0 Å². The summed E-state index contributed by atoms with van der Waals surface area (Å²) in [6.45, 7) is 3.58. The molecule has 5 heteroatoms. The average molecular weight is 274 g/mol. The van der Waals surface area contributed by atoms with E-state index in [1.165, 1.54) is 0 Å². The Hall–Kier alpha value is -2.14. The third-order valence-electron chi connectivity index (χ3n) is 2.92. The number of aliphatic hydroxyl groups excluding tert-OH is 1. The van der Waals surface area contributed by atoms with E-state index in [-0.39, 0.29) is 18.2 Å². The number of hydrogen-bond donors (Lipinski definition) is 2. The van der Waals surface area contributed by atoms with Gasteiger partial charge in [-0.25, -0.2) is 4.98 Å². The predicted molar refractivity (Wildman–Crippen MR) is 74.5 cm³/mol. The second-order valence-corrected chi connectivity index (χ2v) is 4.70. The van der Waals surface area contributed by atoms with E-state index in [1.54, 1.807) is 13.8 Å². The molecule has 5 nitrogen and oxygen atoms in total. The van der Waals surface area contributed by atoms with E-state index in [2.05, 4.69) is 10.3 Å². The van der Waals surface area contributed by atoms with E-state index < -0.39 is 6.10 Å². The van der Waals surface area contributed by atoms with Gasteiger partial charge in [-0.3, -0.25) is 4.79 Å². The zero-order valence-electron chi connectivity index (χ0n) is 11.6. The van der Waals surface area contributed by atoms with E-state index in [4.69, 9.17) is 4.42 Å². The molecule has 1 aromatic heterocycles. The number of nitrogens with one attached hydrogen (secondary N) is 1. The Morgan fingerprint density at radius 2 is 2.05 bits per heavy atom. The molecule has 0 aliphatic heterocycles. The summed E-state index contributed by atoms with van der Waals surface area (Å²) in [5.41, 5.74) is 1.58. The van der Waals surface area contributed by atoms with Crippen LogP contribution in [0, 0.1) is 13.8 Å². The molecule has 2 aromatic rings. The quantitative estimate of drug-likeness (QED) is 0.869. The minimum absolute atomic E-state index is 0.174. The number of hydrogen-bond acceptors (Lipinski definition) is 4. The van der Waals surface area contributed by atoms with E-state index in [1.807, 2.05) is 30.3 Å².